The van der Waals surface area contributed by atoms with E-state index in [2.05, 4.69) is 10.1 Å². The van der Waals surface area contributed by atoms with Crippen molar-refractivity contribution in [2.45, 2.75) is 20.3 Å². The maximum absolute atomic E-state index is 12.7. The highest BCUT2D eigenvalue weighted by Gasteiger charge is 2.29. The van der Waals surface area contributed by atoms with Crippen molar-refractivity contribution >= 4 is 17.4 Å². The number of benzene rings is 1. The van der Waals surface area contributed by atoms with E-state index < -0.39 is 5.97 Å². The Morgan fingerprint density at radius 2 is 2.13 bits per heavy atom. The molecule has 2 aromatic rings. The van der Waals surface area contributed by atoms with Crippen molar-refractivity contribution in [3.8, 4) is 0 Å². The first-order valence-electron chi connectivity index (χ1n) is 7.38. The summed E-state index contributed by atoms with van der Waals surface area (Å²) in [4.78, 5) is 28.6. The fourth-order valence-electron chi connectivity index (χ4n) is 2.86. The number of methoxy groups -OCH3 is 1. The van der Waals surface area contributed by atoms with Crippen LogP contribution in [0.1, 0.15) is 40.4 Å². The van der Waals surface area contributed by atoms with E-state index in [1.807, 2.05) is 19.9 Å². The minimum Gasteiger partial charge on any atom is -0.465 e. The van der Waals surface area contributed by atoms with Crippen LogP contribution in [0.25, 0.3) is 5.57 Å². The molecule has 23 heavy (non-hydrogen) atoms. The Morgan fingerprint density at radius 3 is 2.83 bits per heavy atom. The number of rotatable bonds is 3. The second-order valence-corrected chi connectivity index (χ2v) is 5.69. The SMILES string of the molecule is COC(=O)c1cccc(C2=C(C(C)C)C(=O)n3ncnc3C2)c1. The molecule has 0 radical (unpaired) electrons. The molecule has 0 bridgehead atoms. The summed E-state index contributed by atoms with van der Waals surface area (Å²) in [5.41, 5.74) is 2.88. The third kappa shape index (κ3) is 2.56. The van der Waals surface area contributed by atoms with E-state index in [-0.39, 0.29) is 11.8 Å². The maximum atomic E-state index is 12.7. The summed E-state index contributed by atoms with van der Waals surface area (Å²) in [7, 11) is 1.35. The molecular weight excluding hydrogens is 294 g/mol. The largest absolute Gasteiger partial charge is 0.465 e. The molecule has 1 aromatic carbocycles. The molecule has 0 N–H and O–H groups in total. The minimum absolute atomic E-state index is 0.0385. The Hall–Kier alpha value is -2.76. The average molecular weight is 311 g/mol. The van der Waals surface area contributed by atoms with Crippen LogP contribution in [0.15, 0.2) is 36.2 Å². The fourth-order valence-corrected chi connectivity index (χ4v) is 2.86. The second kappa shape index (κ2) is 5.79. The van der Waals surface area contributed by atoms with Crippen LogP contribution in [0, 0.1) is 5.92 Å². The number of ether oxygens (including phenoxy) is 1. The van der Waals surface area contributed by atoms with Gasteiger partial charge in [-0.05, 0) is 29.2 Å². The molecule has 0 atom stereocenters. The highest BCUT2D eigenvalue weighted by Crippen LogP contribution is 2.32. The zero-order valence-corrected chi connectivity index (χ0v) is 13.2. The molecular formula is C17H17N3O3. The van der Waals surface area contributed by atoms with Crippen molar-refractivity contribution in [2.24, 2.45) is 5.92 Å². The van der Waals surface area contributed by atoms with Gasteiger partial charge in [-0.1, -0.05) is 26.0 Å². The van der Waals surface area contributed by atoms with Crippen molar-refractivity contribution in [2.75, 3.05) is 7.11 Å². The number of carbonyl (C=O) groups excluding carboxylic acids is 2. The molecule has 1 aliphatic rings. The third-order valence-electron chi connectivity index (χ3n) is 3.91. The van der Waals surface area contributed by atoms with Gasteiger partial charge in [-0.15, -0.1) is 0 Å². The van der Waals surface area contributed by atoms with Crippen molar-refractivity contribution in [3.63, 3.8) is 0 Å². The van der Waals surface area contributed by atoms with Crippen LogP contribution in [0.2, 0.25) is 0 Å². The Kier molecular flexibility index (Phi) is 3.82. The third-order valence-corrected chi connectivity index (χ3v) is 3.91. The molecule has 6 nitrogen and oxygen atoms in total. The lowest BCUT2D eigenvalue weighted by Gasteiger charge is -2.22. The van der Waals surface area contributed by atoms with E-state index in [1.54, 1.807) is 18.2 Å². The van der Waals surface area contributed by atoms with Crippen LogP contribution in [0.5, 0.6) is 0 Å². The van der Waals surface area contributed by atoms with Crippen molar-refractivity contribution in [1.82, 2.24) is 14.8 Å². The van der Waals surface area contributed by atoms with Gasteiger partial charge in [0.05, 0.1) is 12.7 Å². The summed E-state index contributed by atoms with van der Waals surface area (Å²) >= 11 is 0. The predicted octanol–water partition coefficient (Wildman–Crippen LogP) is 2.37. The highest BCUT2D eigenvalue weighted by molar-refractivity contribution is 6.05. The summed E-state index contributed by atoms with van der Waals surface area (Å²) in [6, 6.07) is 7.13. The Balaban J connectivity index is 2.14. The standard InChI is InChI=1S/C17H17N3O3/c1-10(2)15-13(8-14-18-9-19-20(14)16(15)21)11-5-4-6-12(7-11)17(22)23-3/h4-7,9-10H,8H2,1-3H3. The van der Waals surface area contributed by atoms with E-state index in [1.165, 1.54) is 18.1 Å². The van der Waals surface area contributed by atoms with Gasteiger partial charge in [0, 0.05) is 12.0 Å². The minimum atomic E-state index is -0.399. The second-order valence-electron chi connectivity index (χ2n) is 5.69. The predicted molar refractivity (Wildman–Crippen MR) is 83.9 cm³/mol. The zero-order valence-electron chi connectivity index (χ0n) is 13.2. The zero-order chi connectivity index (χ0) is 16.6. The number of hydrogen-bond acceptors (Lipinski definition) is 5. The molecule has 1 aromatic heterocycles. The molecule has 0 unspecified atom stereocenters. The van der Waals surface area contributed by atoms with E-state index in [0.29, 0.717) is 23.4 Å². The van der Waals surface area contributed by atoms with Crippen LogP contribution in [0.3, 0.4) is 0 Å². The van der Waals surface area contributed by atoms with Gasteiger partial charge in [-0.3, -0.25) is 4.79 Å². The number of hydrogen-bond donors (Lipinski definition) is 0. The van der Waals surface area contributed by atoms with Crippen molar-refractivity contribution < 1.29 is 14.3 Å². The lowest BCUT2D eigenvalue weighted by molar-refractivity contribution is 0.0600. The van der Waals surface area contributed by atoms with Crippen LogP contribution < -0.4 is 0 Å². The quantitative estimate of drug-likeness (QED) is 0.814. The van der Waals surface area contributed by atoms with E-state index in [9.17, 15) is 9.59 Å². The first-order chi connectivity index (χ1) is 11.0. The maximum Gasteiger partial charge on any atom is 0.337 e. The fraction of sp³-hybridized carbons (Fsp3) is 0.294. The molecule has 0 aliphatic carbocycles. The summed E-state index contributed by atoms with van der Waals surface area (Å²) in [6.45, 7) is 3.94. The average Bonchev–Trinajstić information content (AvgIpc) is 3.02. The molecule has 0 saturated heterocycles. The Labute approximate surface area is 133 Å². The molecule has 2 heterocycles. The molecule has 0 amide bonds. The van der Waals surface area contributed by atoms with E-state index >= 15 is 0 Å². The molecule has 118 valence electrons. The summed E-state index contributed by atoms with van der Waals surface area (Å²) in [5, 5.41) is 4.01. The molecule has 1 aliphatic heterocycles. The monoisotopic (exact) mass is 311 g/mol. The first kappa shape index (κ1) is 15.1. The molecule has 0 fully saturated rings. The number of fused-ring (bicyclic) bond motifs is 1. The molecule has 6 heteroatoms. The smallest absolute Gasteiger partial charge is 0.337 e. The van der Waals surface area contributed by atoms with Gasteiger partial charge in [-0.2, -0.15) is 9.78 Å². The number of aromatic nitrogens is 3. The van der Waals surface area contributed by atoms with Crippen LogP contribution in [-0.4, -0.2) is 33.8 Å². The van der Waals surface area contributed by atoms with Crippen molar-refractivity contribution in [1.29, 1.82) is 0 Å². The first-order valence-corrected chi connectivity index (χ1v) is 7.38. The highest BCUT2D eigenvalue weighted by atomic mass is 16.5. The van der Waals surface area contributed by atoms with Crippen LogP contribution in [0.4, 0.5) is 0 Å². The topological polar surface area (TPSA) is 74.1 Å². The normalized spacial score (nSPS) is 14.2. The van der Waals surface area contributed by atoms with Crippen LogP contribution >= 0.6 is 0 Å². The van der Waals surface area contributed by atoms with Gasteiger partial charge in [0.1, 0.15) is 12.2 Å². The number of esters is 1. The summed E-state index contributed by atoms with van der Waals surface area (Å²) in [5.74, 6) is 0.0931. The molecule has 3 rings (SSSR count). The number of allylic oxidation sites excluding steroid dienone is 2. The van der Waals surface area contributed by atoms with Gasteiger partial charge < -0.3 is 4.74 Å². The van der Waals surface area contributed by atoms with Gasteiger partial charge >= 0.3 is 5.97 Å². The summed E-state index contributed by atoms with van der Waals surface area (Å²) in [6.07, 6.45) is 1.89. The van der Waals surface area contributed by atoms with Gasteiger partial charge in [0.25, 0.3) is 5.91 Å². The van der Waals surface area contributed by atoms with E-state index in [0.717, 1.165) is 11.1 Å². The summed E-state index contributed by atoms with van der Waals surface area (Å²) < 4.78 is 6.12. The van der Waals surface area contributed by atoms with Gasteiger partial charge in [-0.25, -0.2) is 9.78 Å². The Morgan fingerprint density at radius 1 is 1.35 bits per heavy atom. The lowest BCUT2D eigenvalue weighted by atomic mass is 9.87. The number of carbonyl (C=O) groups is 2. The van der Waals surface area contributed by atoms with Crippen molar-refractivity contribution in [3.05, 3.63) is 53.1 Å². The van der Waals surface area contributed by atoms with Gasteiger partial charge in [0.15, 0.2) is 0 Å². The van der Waals surface area contributed by atoms with E-state index in [4.69, 9.17) is 4.74 Å². The molecule has 0 spiro atoms. The van der Waals surface area contributed by atoms with Crippen LogP contribution in [-0.2, 0) is 11.2 Å². The Bertz CT molecular complexity index is 818. The molecule has 0 saturated carbocycles. The lowest BCUT2D eigenvalue weighted by Crippen LogP contribution is -2.27. The number of nitrogens with zero attached hydrogens (tertiary/aromatic N) is 3. The van der Waals surface area contributed by atoms with Gasteiger partial charge in [0.2, 0.25) is 0 Å².